The molecule has 0 fully saturated rings. The molecule has 0 bridgehead atoms. The summed E-state index contributed by atoms with van der Waals surface area (Å²) < 4.78 is 3.01. The van der Waals surface area contributed by atoms with Crippen molar-refractivity contribution in [2.45, 2.75) is 34.5 Å². The van der Waals surface area contributed by atoms with Gasteiger partial charge in [0.05, 0.1) is 0 Å². The zero-order chi connectivity index (χ0) is 46.6. The third kappa shape index (κ3) is 8.10. The van der Waals surface area contributed by atoms with Crippen LogP contribution in [-0.2, 0) is 0 Å². The van der Waals surface area contributed by atoms with E-state index in [1.807, 2.05) is 0 Å². The first-order chi connectivity index (χ1) is 33.0. The predicted molar refractivity (Wildman–Crippen MR) is 303 cm³/mol. The van der Waals surface area contributed by atoms with Crippen LogP contribution in [0.2, 0.25) is 34.5 Å². The van der Waals surface area contributed by atoms with Crippen LogP contribution in [0.4, 0.5) is 34.1 Å². The Bertz CT molecular complexity index is 3310. The fourth-order valence-corrected chi connectivity index (χ4v) is 15.1. The second-order valence-electron chi connectivity index (χ2n) is 20.2. The van der Waals surface area contributed by atoms with E-state index in [9.17, 15) is 0 Å². The van der Waals surface area contributed by atoms with Crippen molar-refractivity contribution < 1.29 is 0 Å². The Hall–Kier alpha value is -6.85. The predicted octanol–water partition coefficient (Wildman–Crippen LogP) is 17.7. The Morgan fingerprint density at radius 3 is 0.824 bits per heavy atom. The van der Waals surface area contributed by atoms with E-state index >= 15 is 0 Å². The van der Waals surface area contributed by atoms with E-state index in [0.717, 1.165) is 22.7 Å². The van der Waals surface area contributed by atoms with Gasteiger partial charge in [-0.3, -0.25) is 0 Å². The van der Waals surface area contributed by atoms with Crippen LogP contribution in [0.1, 0.15) is 0 Å². The zero-order valence-electron chi connectivity index (χ0n) is 39.8. The molecule has 4 heteroatoms. The first-order valence-electron chi connectivity index (χ1n) is 23.9. The minimum atomic E-state index is -2.02. The summed E-state index contributed by atoms with van der Waals surface area (Å²) in [7, 11) is 0. The average Bonchev–Trinajstić information content (AvgIpc) is 3.36. The molecule has 2 nitrogen and oxygen atoms in total. The van der Waals surface area contributed by atoms with Gasteiger partial charge in [0.1, 0.15) is 0 Å². The first-order valence-corrected chi connectivity index (χ1v) is 38.6. The van der Waals surface area contributed by atoms with Gasteiger partial charge in [-0.15, -0.1) is 0 Å². The molecule has 0 saturated carbocycles. The Labute approximate surface area is 406 Å². The quantitative estimate of drug-likeness (QED) is 0.0995. The van der Waals surface area contributed by atoms with Crippen LogP contribution < -0.4 is 18.6 Å². The second-order valence-corrected chi connectivity index (χ2v) is 41.5. The van der Waals surface area contributed by atoms with Gasteiger partial charge in [-0.1, -0.05) is 24.3 Å². The molecular formula is C64H56Ge2N2. The van der Waals surface area contributed by atoms with E-state index in [1.165, 1.54) is 85.5 Å². The van der Waals surface area contributed by atoms with Crippen molar-refractivity contribution in [2.75, 3.05) is 9.80 Å². The number of fused-ring (bicyclic) bond motifs is 4. The van der Waals surface area contributed by atoms with Crippen LogP contribution in [0.25, 0.3) is 65.3 Å². The molecule has 0 saturated heterocycles. The molecular weight excluding hydrogens is 942 g/mol. The van der Waals surface area contributed by atoms with Crippen LogP contribution >= 0.6 is 0 Å². The van der Waals surface area contributed by atoms with Gasteiger partial charge < -0.3 is 0 Å². The van der Waals surface area contributed by atoms with Crippen LogP contribution in [-0.4, -0.2) is 26.5 Å². The molecule has 0 radical (unpaired) electrons. The van der Waals surface area contributed by atoms with E-state index in [1.54, 1.807) is 0 Å². The van der Waals surface area contributed by atoms with E-state index in [0.29, 0.717) is 0 Å². The molecule has 330 valence electrons. The van der Waals surface area contributed by atoms with E-state index in [-0.39, 0.29) is 0 Å². The molecule has 11 aromatic carbocycles. The summed E-state index contributed by atoms with van der Waals surface area (Å²) in [5.41, 5.74) is 11.8. The maximum absolute atomic E-state index is 2.46. The van der Waals surface area contributed by atoms with Crippen LogP contribution in [0.5, 0.6) is 0 Å². The molecule has 68 heavy (non-hydrogen) atoms. The molecule has 0 aliphatic heterocycles. The van der Waals surface area contributed by atoms with E-state index in [2.05, 4.69) is 275 Å². The van der Waals surface area contributed by atoms with Crippen molar-refractivity contribution in [1.29, 1.82) is 0 Å². The van der Waals surface area contributed by atoms with Crippen molar-refractivity contribution in [3.05, 3.63) is 231 Å². The molecule has 0 unspecified atom stereocenters. The van der Waals surface area contributed by atoms with Crippen LogP contribution in [0.3, 0.4) is 0 Å². The van der Waals surface area contributed by atoms with Crippen molar-refractivity contribution in [1.82, 2.24) is 0 Å². The van der Waals surface area contributed by atoms with Crippen molar-refractivity contribution in [2.24, 2.45) is 0 Å². The van der Waals surface area contributed by atoms with E-state index in [4.69, 9.17) is 0 Å². The summed E-state index contributed by atoms with van der Waals surface area (Å²) in [6.45, 7) is 0. The fraction of sp³-hybridized carbons (Fsp3) is 0.0938. The van der Waals surface area contributed by atoms with Gasteiger partial charge >= 0.3 is 385 Å². The molecule has 0 heterocycles. The van der Waals surface area contributed by atoms with Crippen molar-refractivity contribution in [3.8, 4) is 22.3 Å². The van der Waals surface area contributed by atoms with Crippen LogP contribution in [0, 0.1) is 0 Å². The molecule has 11 aromatic rings. The molecule has 0 aromatic heterocycles. The Balaban J connectivity index is 1.02. The number of hydrogen-bond acceptors (Lipinski definition) is 2. The second kappa shape index (κ2) is 17.7. The average molecular weight is 998 g/mol. The number of rotatable bonds is 10. The van der Waals surface area contributed by atoms with Gasteiger partial charge in [-0.05, 0) is 0 Å². The first kappa shape index (κ1) is 43.7. The molecule has 0 atom stereocenters. The molecule has 0 aliphatic carbocycles. The zero-order valence-corrected chi connectivity index (χ0v) is 44.0. The summed E-state index contributed by atoms with van der Waals surface area (Å²) >= 11 is -4.03. The normalized spacial score (nSPS) is 12.0. The molecule has 0 amide bonds. The van der Waals surface area contributed by atoms with Gasteiger partial charge in [0.15, 0.2) is 0 Å². The third-order valence-electron chi connectivity index (χ3n) is 13.8. The summed E-state index contributed by atoms with van der Waals surface area (Å²) in [5.74, 6) is 14.8. The molecule has 0 spiro atoms. The molecule has 0 N–H and O–H groups in total. The van der Waals surface area contributed by atoms with Gasteiger partial charge in [-0.2, -0.15) is 0 Å². The van der Waals surface area contributed by atoms with E-state index < -0.39 is 26.5 Å². The number of benzene rings is 11. The van der Waals surface area contributed by atoms with Gasteiger partial charge in [0, 0.05) is 0 Å². The topological polar surface area (TPSA) is 6.48 Å². The van der Waals surface area contributed by atoms with Gasteiger partial charge in [0.25, 0.3) is 0 Å². The van der Waals surface area contributed by atoms with Crippen molar-refractivity contribution >= 4 is 113 Å². The van der Waals surface area contributed by atoms with Gasteiger partial charge in [0.2, 0.25) is 0 Å². The molecule has 0 aliphatic rings. The standard InChI is InChI=1S/C64H56Ge2N2/c1-65(2,3)49-33-41-53(42-34-49)67(61-27-15-19-45-17-7-9-21-55(45)61)51-37-29-47(30-38-51)63-57-23-11-13-25-59(57)64(60-26-14-12-24-58(60)63)48-31-39-52(40-32-48)68(54-43-35-50(36-44-54)66(4,5)6)62-28-16-20-46-18-8-10-22-56(46)62/h7-44H,1-6H3. The summed E-state index contributed by atoms with van der Waals surface area (Å²) in [6, 6.07) is 86.0. The minimum absolute atomic E-state index is 1.13. The summed E-state index contributed by atoms with van der Waals surface area (Å²) in [5, 5.41) is 9.90. The summed E-state index contributed by atoms with van der Waals surface area (Å²) in [6.07, 6.45) is 0. The van der Waals surface area contributed by atoms with Crippen LogP contribution in [0.15, 0.2) is 231 Å². The SMILES string of the molecule is [CH3][Ge]([CH3])([CH3])[c]1ccc(N(c2ccc(-c3c4ccccc4c(-c4ccc(N(c5cc[c]([Ge]([CH3])([CH3])[CH3])cc5)c5cccc6ccccc56)cc4)c4ccccc34)cc2)c2cccc3ccccc23)cc1. The number of anilines is 6. The number of nitrogens with zero attached hydrogens (tertiary/aromatic N) is 2. The maximum atomic E-state index is 2.46. The monoisotopic (exact) mass is 1000 g/mol. The Morgan fingerprint density at radius 2 is 0.515 bits per heavy atom. The van der Waals surface area contributed by atoms with Crippen molar-refractivity contribution in [3.63, 3.8) is 0 Å². The number of hydrogen-bond donors (Lipinski definition) is 0. The summed E-state index contributed by atoms with van der Waals surface area (Å²) in [4.78, 5) is 4.86. The fourth-order valence-electron chi connectivity index (χ4n) is 10.2. The van der Waals surface area contributed by atoms with Gasteiger partial charge in [-0.25, -0.2) is 0 Å². The Kier molecular flexibility index (Phi) is 11.4. The molecule has 11 rings (SSSR count). The third-order valence-corrected chi connectivity index (χ3v) is 22.4. The Morgan fingerprint density at radius 1 is 0.250 bits per heavy atom.